The van der Waals surface area contributed by atoms with E-state index < -0.39 is 0 Å². The SMILES string of the molecule is CCCCCSc1ccnc(N)n1. The van der Waals surface area contributed by atoms with E-state index in [1.165, 1.54) is 19.3 Å². The van der Waals surface area contributed by atoms with Crippen LogP contribution in [0.15, 0.2) is 17.3 Å². The Hall–Kier alpha value is -0.770. The van der Waals surface area contributed by atoms with Crippen molar-refractivity contribution >= 4 is 17.7 Å². The highest BCUT2D eigenvalue weighted by molar-refractivity contribution is 7.99. The predicted molar refractivity (Wildman–Crippen MR) is 56.7 cm³/mol. The second-order valence-electron chi connectivity index (χ2n) is 2.81. The highest BCUT2D eigenvalue weighted by atomic mass is 32.2. The first-order chi connectivity index (χ1) is 6.33. The summed E-state index contributed by atoms with van der Waals surface area (Å²) in [6.45, 7) is 2.20. The average Bonchev–Trinajstić information content (AvgIpc) is 2.13. The van der Waals surface area contributed by atoms with Gasteiger partial charge in [-0.2, -0.15) is 0 Å². The second-order valence-corrected chi connectivity index (χ2v) is 3.92. The molecule has 0 aliphatic heterocycles. The van der Waals surface area contributed by atoms with Crippen LogP contribution in [0.4, 0.5) is 5.95 Å². The Labute approximate surface area is 83.2 Å². The fourth-order valence-corrected chi connectivity index (χ4v) is 1.84. The van der Waals surface area contributed by atoms with E-state index in [0.717, 1.165) is 10.8 Å². The molecule has 0 radical (unpaired) electrons. The largest absolute Gasteiger partial charge is 0.368 e. The van der Waals surface area contributed by atoms with Crippen LogP contribution in [0.25, 0.3) is 0 Å². The zero-order valence-electron chi connectivity index (χ0n) is 7.86. The second kappa shape index (κ2) is 5.80. The summed E-state index contributed by atoms with van der Waals surface area (Å²) < 4.78 is 0. The maximum Gasteiger partial charge on any atom is 0.221 e. The van der Waals surface area contributed by atoms with Gasteiger partial charge in [0.05, 0.1) is 0 Å². The number of rotatable bonds is 5. The molecule has 0 unspecified atom stereocenters. The van der Waals surface area contributed by atoms with Crippen LogP contribution in [-0.2, 0) is 0 Å². The van der Waals surface area contributed by atoms with Crippen molar-refractivity contribution in [1.29, 1.82) is 0 Å². The van der Waals surface area contributed by atoms with Crippen LogP contribution in [0.3, 0.4) is 0 Å². The van der Waals surface area contributed by atoms with E-state index in [0.29, 0.717) is 5.95 Å². The quantitative estimate of drug-likeness (QED) is 0.447. The number of unbranched alkanes of at least 4 members (excludes halogenated alkanes) is 2. The van der Waals surface area contributed by atoms with E-state index in [-0.39, 0.29) is 0 Å². The molecule has 3 nitrogen and oxygen atoms in total. The van der Waals surface area contributed by atoms with Gasteiger partial charge in [0.15, 0.2) is 0 Å². The molecule has 0 amide bonds. The van der Waals surface area contributed by atoms with E-state index in [2.05, 4.69) is 16.9 Å². The molecule has 13 heavy (non-hydrogen) atoms. The maximum absolute atomic E-state index is 5.45. The summed E-state index contributed by atoms with van der Waals surface area (Å²) in [5.41, 5.74) is 5.45. The van der Waals surface area contributed by atoms with Crippen molar-refractivity contribution in [3.8, 4) is 0 Å². The summed E-state index contributed by atoms with van der Waals surface area (Å²) >= 11 is 1.74. The molecular formula is C9H15N3S. The van der Waals surface area contributed by atoms with Gasteiger partial charge in [0.25, 0.3) is 0 Å². The van der Waals surface area contributed by atoms with Gasteiger partial charge < -0.3 is 5.73 Å². The summed E-state index contributed by atoms with van der Waals surface area (Å²) in [4.78, 5) is 7.94. The molecule has 1 heterocycles. The highest BCUT2D eigenvalue weighted by Crippen LogP contribution is 2.16. The number of nitrogens with zero attached hydrogens (tertiary/aromatic N) is 2. The van der Waals surface area contributed by atoms with Gasteiger partial charge in [-0.15, -0.1) is 11.8 Å². The third-order valence-corrected chi connectivity index (χ3v) is 2.66. The smallest absolute Gasteiger partial charge is 0.221 e. The molecule has 0 aromatic carbocycles. The van der Waals surface area contributed by atoms with Crippen molar-refractivity contribution < 1.29 is 0 Å². The lowest BCUT2D eigenvalue weighted by atomic mass is 10.3. The van der Waals surface area contributed by atoms with Crippen molar-refractivity contribution in [2.75, 3.05) is 11.5 Å². The summed E-state index contributed by atoms with van der Waals surface area (Å²) in [6.07, 6.45) is 5.48. The first kappa shape index (κ1) is 10.3. The molecule has 0 atom stereocenters. The lowest BCUT2D eigenvalue weighted by Crippen LogP contribution is -1.94. The van der Waals surface area contributed by atoms with E-state index in [1.807, 2.05) is 6.07 Å². The van der Waals surface area contributed by atoms with Crippen LogP contribution in [0.2, 0.25) is 0 Å². The van der Waals surface area contributed by atoms with Crippen molar-refractivity contribution in [2.45, 2.75) is 31.2 Å². The highest BCUT2D eigenvalue weighted by Gasteiger charge is 1.95. The monoisotopic (exact) mass is 197 g/mol. The first-order valence-electron chi connectivity index (χ1n) is 4.54. The van der Waals surface area contributed by atoms with Gasteiger partial charge in [0, 0.05) is 6.20 Å². The molecule has 1 aromatic heterocycles. The molecule has 0 aliphatic carbocycles. The van der Waals surface area contributed by atoms with Crippen LogP contribution >= 0.6 is 11.8 Å². The van der Waals surface area contributed by atoms with E-state index >= 15 is 0 Å². The molecular weight excluding hydrogens is 182 g/mol. The Kier molecular flexibility index (Phi) is 4.60. The minimum absolute atomic E-state index is 0.362. The third-order valence-electron chi connectivity index (χ3n) is 1.65. The molecule has 72 valence electrons. The minimum atomic E-state index is 0.362. The van der Waals surface area contributed by atoms with E-state index in [4.69, 9.17) is 5.73 Å². The molecule has 0 aliphatic rings. The van der Waals surface area contributed by atoms with Gasteiger partial charge in [-0.25, -0.2) is 9.97 Å². The Morgan fingerprint density at radius 3 is 3.00 bits per heavy atom. The molecule has 0 saturated heterocycles. The maximum atomic E-state index is 5.45. The Morgan fingerprint density at radius 1 is 1.46 bits per heavy atom. The Balaban J connectivity index is 2.28. The van der Waals surface area contributed by atoms with Crippen LogP contribution in [-0.4, -0.2) is 15.7 Å². The van der Waals surface area contributed by atoms with Gasteiger partial charge >= 0.3 is 0 Å². The normalized spacial score (nSPS) is 10.2. The molecule has 1 rings (SSSR count). The predicted octanol–water partition coefficient (Wildman–Crippen LogP) is 2.34. The number of nitrogen functional groups attached to an aromatic ring is 1. The van der Waals surface area contributed by atoms with Crippen molar-refractivity contribution in [2.24, 2.45) is 0 Å². The number of anilines is 1. The fraction of sp³-hybridized carbons (Fsp3) is 0.556. The van der Waals surface area contributed by atoms with Crippen molar-refractivity contribution in [3.05, 3.63) is 12.3 Å². The van der Waals surface area contributed by atoms with Crippen LogP contribution in [0, 0.1) is 0 Å². The number of hydrogen-bond acceptors (Lipinski definition) is 4. The zero-order chi connectivity index (χ0) is 9.52. The summed E-state index contributed by atoms with van der Waals surface area (Å²) in [7, 11) is 0. The number of aromatic nitrogens is 2. The Bertz CT molecular complexity index is 252. The number of hydrogen-bond donors (Lipinski definition) is 1. The third kappa shape index (κ3) is 4.12. The van der Waals surface area contributed by atoms with Crippen molar-refractivity contribution in [3.63, 3.8) is 0 Å². The van der Waals surface area contributed by atoms with E-state index in [9.17, 15) is 0 Å². The molecule has 0 saturated carbocycles. The van der Waals surface area contributed by atoms with E-state index in [1.54, 1.807) is 18.0 Å². The van der Waals surface area contributed by atoms with Crippen LogP contribution in [0.1, 0.15) is 26.2 Å². The summed E-state index contributed by atoms with van der Waals surface area (Å²) in [5, 5.41) is 0.976. The van der Waals surface area contributed by atoms with Crippen LogP contribution < -0.4 is 5.73 Å². The molecule has 2 N–H and O–H groups in total. The summed E-state index contributed by atoms with van der Waals surface area (Å²) in [5.74, 6) is 1.48. The van der Waals surface area contributed by atoms with Crippen molar-refractivity contribution in [1.82, 2.24) is 9.97 Å². The molecule has 0 fully saturated rings. The number of nitrogens with two attached hydrogens (primary N) is 1. The van der Waals surface area contributed by atoms with Gasteiger partial charge in [0.2, 0.25) is 5.95 Å². The lowest BCUT2D eigenvalue weighted by Gasteiger charge is -1.99. The standard InChI is InChI=1S/C9H15N3S/c1-2-3-4-7-13-8-5-6-11-9(10)12-8/h5-6H,2-4,7H2,1H3,(H2,10,11,12). The molecule has 0 spiro atoms. The Morgan fingerprint density at radius 2 is 2.31 bits per heavy atom. The summed E-state index contributed by atoms with van der Waals surface area (Å²) in [6, 6.07) is 1.90. The van der Waals surface area contributed by atoms with Gasteiger partial charge in [-0.3, -0.25) is 0 Å². The molecule has 4 heteroatoms. The zero-order valence-corrected chi connectivity index (χ0v) is 8.68. The number of thioether (sulfide) groups is 1. The van der Waals surface area contributed by atoms with Gasteiger partial charge in [-0.05, 0) is 18.2 Å². The lowest BCUT2D eigenvalue weighted by molar-refractivity contribution is 0.778. The van der Waals surface area contributed by atoms with Gasteiger partial charge in [-0.1, -0.05) is 19.8 Å². The topological polar surface area (TPSA) is 51.8 Å². The average molecular weight is 197 g/mol. The molecule has 1 aromatic rings. The van der Waals surface area contributed by atoms with Crippen LogP contribution in [0.5, 0.6) is 0 Å². The minimum Gasteiger partial charge on any atom is -0.368 e. The molecule has 0 bridgehead atoms. The van der Waals surface area contributed by atoms with Gasteiger partial charge in [0.1, 0.15) is 5.03 Å². The fourth-order valence-electron chi connectivity index (χ4n) is 0.966. The first-order valence-corrected chi connectivity index (χ1v) is 5.53.